The van der Waals surface area contributed by atoms with E-state index in [1.54, 1.807) is 0 Å². The van der Waals surface area contributed by atoms with Gasteiger partial charge in [-0.3, -0.25) is 0 Å². The molecular formula is C15H20F9I. The first-order chi connectivity index (χ1) is 11.2. The highest BCUT2D eigenvalue weighted by Crippen LogP contribution is 2.53. The molecule has 10 heteroatoms. The quantitative estimate of drug-likeness (QED) is 0.154. The fourth-order valence-electron chi connectivity index (χ4n) is 2.00. The van der Waals surface area contributed by atoms with E-state index < -0.39 is 30.0 Å². The zero-order chi connectivity index (χ0) is 19.9. The second-order valence-electron chi connectivity index (χ2n) is 5.73. The lowest BCUT2D eigenvalue weighted by molar-refractivity contribution is -0.388. The first-order valence-corrected chi connectivity index (χ1v) is 8.86. The average molecular weight is 498 g/mol. The maximum Gasteiger partial charge on any atom is 0.460 e. The summed E-state index contributed by atoms with van der Waals surface area (Å²) in [5, 5.41) is 0. The van der Waals surface area contributed by atoms with Crippen LogP contribution in [0.15, 0.2) is 9.66 Å². The molecule has 0 nitrogen and oxygen atoms in total. The minimum Gasteiger partial charge on any atom is -0.195 e. The fourth-order valence-corrected chi connectivity index (χ4v) is 2.77. The third-order valence-electron chi connectivity index (χ3n) is 3.53. The smallest absolute Gasteiger partial charge is 0.195 e. The zero-order valence-corrected chi connectivity index (χ0v) is 15.7. The van der Waals surface area contributed by atoms with Crippen molar-refractivity contribution < 1.29 is 39.5 Å². The van der Waals surface area contributed by atoms with Gasteiger partial charge in [-0.15, -0.1) is 0 Å². The van der Waals surface area contributed by atoms with E-state index in [4.69, 9.17) is 0 Å². The van der Waals surface area contributed by atoms with E-state index in [9.17, 15) is 39.5 Å². The SMILES string of the molecule is CCCCCCCCCC(I)=CC(F)(F)C(F)(F)C(F)(F)C(F)(F)F. The molecule has 0 spiro atoms. The van der Waals surface area contributed by atoms with Gasteiger partial charge in [-0.1, -0.05) is 45.4 Å². The van der Waals surface area contributed by atoms with Crippen LogP contribution in [0.1, 0.15) is 58.3 Å². The second-order valence-corrected chi connectivity index (χ2v) is 7.12. The number of halogens is 10. The molecule has 0 bridgehead atoms. The summed E-state index contributed by atoms with van der Waals surface area (Å²) in [6.07, 6.45) is -1.51. The Balaban J connectivity index is 4.78. The van der Waals surface area contributed by atoms with Gasteiger partial charge in [-0.2, -0.15) is 39.5 Å². The van der Waals surface area contributed by atoms with Gasteiger partial charge < -0.3 is 0 Å². The Morgan fingerprint density at radius 2 is 1.16 bits per heavy atom. The Kier molecular flexibility index (Phi) is 9.62. The Bertz CT molecular complexity index is 427. The molecule has 0 aliphatic carbocycles. The van der Waals surface area contributed by atoms with Crippen molar-refractivity contribution >= 4 is 22.6 Å². The van der Waals surface area contributed by atoms with Crippen LogP contribution in [0.25, 0.3) is 0 Å². The highest BCUT2D eigenvalue weighted by Gasteiger charge is 2.81. The molecule has 0 fully saturated rings. The number of hydrogen-bond donors (Lipinski definition) is 0. The Morgan fingerprint density at radius 1 is 0.720 bits per heavy atom. The minimum atomic E-state index is -6.84. The van der Waals surface area contributed by atoms with Gasteiger partial charge in [0.05, 0.1) is 0 Å². The number of unbranched alkanes of at least 4 members (excludes halogenated alkanes) is 6. The molecule has 25 heavy (non-hydrogen) atoms. The molecule has 0 rings (SSSR count). The van der Waals surface area contributed by atoms with Gasteiger partial charge >= 0.3 is 23.9 Å². The van der Waals surface area contributed by atoms with Gasteiger partial charge in [0.15, 0.2) is 0 Å². The first kappa shape index (κ1) is 24.8. The van der Waals surface area contributed by atoms with Crippen molar-refractivity contribution in [1.82, 2.24) is 0 Å². The largest absolute Gasteiger partial charge is 0.460 e. The van der Waals surface area contributed by atoms with Crippen molar-refractivity contribution in [1.29, 1.82) is 0 Å². The maximum atomic E-state index is 13.4. The van der Waals surface area contributed by atoms with Crippen LogP contribution in [0.3, 0.4) is 0 Å². The standard InChI is InChI=1S/C15H20F9I/c1-2-3-4-5-6-7-8-9-11(25)10-12(16,17)13(18,19)14(20,21)15(22,23)24/h10H,2-9H2,1H3. The van der Waals surface area contributed by atoms with Gasteiger partial charge in [0.25, 0.3) is 0 Å². The lowest BCUT2D eigenvalue weighted by atomic mass is 10.0. The van der Waals surface area contributed by atoms with Gasteiger partial charge in [0.1, 0.15) is 0 Å². The van der Waals surface area contributed by atoms with Crippen LogP contribution in [-0.4, -0.2) is 23.9 Å². The second kappa shape index (κ2) is 9.68. The van der Waals surface area contributed by atoms with Crippen molar-refractivity contribution in [2.24, 2.45) is 0 Å². The van der Waals surface area contributed by atoms with Crippen LogP contribution in [0.2, 0.25) is 0 Å². The molecule has 0 aromatic carbocycles. The summed E-state index contributed by atoms with van der Waals surface area (Å²) in [6, 6.07) is 0. The van der Waals surface area contributed by atoms with Crippen LogP contribution in [0, 0.1) is 0 Å². The van der Waals surface area contributed by atoms with Gasteiger partial charge in [0, 0.05) is 6.08 Å². The minimum absolute atomic E-state index is 0.0857. The molecule has 0 saturated heterocycles. The highest BCUT2D eigenvalue weighted by atomic mass is 127. The van der Waals surface area contributed by atoms with E-state index >= 15 is 0 Å². The number of allylic oxidation sites excluding steroid dienone is 2. The summed E-state index contributed by atoms with van der Waals surface area (Å²) >= 11 is 1.25. The molecule has 0 saturated carbocycles. The van der Waals surface area contributed by atoms with E-state index in [-0.39, 0.29) is 10.0 Å². The Hall–Kier alpha value is -0.160. The van der Waals surface area contributed by atoms with Gasteiger partial charge in [-0.25, -0.2) is 0 Å². The van der Waals surface area contributed by atoms with Crippen molar-refractivity contribution in [3.8, 4) is 0 Å². The zero-order valence-electron chi connectivity index (χ0n) is 13.5. The molecule has 0 aromatic rings. The number of alkyl halides is 9. The van der Waals surface area contributed by atoms with Gasteiger partial charge in [0.2, 0.25) is 0 Å². The molecule has 0 unspecified atom stereocenters. The van der Waals surface area contributed by atoms with Crippen LogP contribution in [0.5, 0.6) is 0 Å². The lowest BCUT2D eigenvalue weighted by Crippen LogP contribution is -2.60. The van der Waals surface area contributed by atoms with Crippen molar-refractivity contribution in [3.63, 3.8) is 0 Å². The van der Waals surface area contributed by atoms with Crippen LogP contribution < -0.4 is 0 Å². The van der Waals surface area contributed by atoms with E-state index in [0.29, 0.717) is 12.8 Å². The molecule has 0 amide bonds. The van der Waals surface area contributed by atoms with Gasteiger partial charge in [-0.05, 0) is 39.0 Å². The predicted octanol–water partition coefficient (Wildman–Crippen LogP) is 7.91. The molecule has 0 aliphatic rings. The molecule has 0 atom stereocenters. The fraction of sp³-hybridized carbons (Fsp3) is 0.867. The van der Waals surface area contributed by atoms with Crippen LogP contribution >= 0.6 is 22.6 Å². The summed E-state index contributed by atoms with van der Waals surface area (Å²) < 4.78 is 114. The van der Waals surface area contributed by atoms with Crippen molar-refractivity contribution in [2.45, 2.75) is 82.2 Å². The highest BCUT2D eigenvalue weighted by molar-refractivity contribution is 14.1. The lowest BCUT2D eigenvalue weighted by Gasteiger charge is -2.32. The molecule has 0 heterocycles. The van der Waals surface area contributed by atoms with Crippen molar-refractivity contribution in [3.05, 3.63) is 9.66 Å². The van der Waals surface area contributed by atoms with E-state index in [1.165, 1.54) is 22.6 Å². The third-order valence-corrected chi connectivity index (χ3v) is 4.38. The summed E-state index contributed by atoms with van der Waals surface area (Å²) in [4.78, 5) is 0. The molecule has 150 valence electrons. The Labute approximate surface area is 154 Å². The molecule has 0 N–H and O–H groups in total. The van der Waals surface area contributed by atoms with Crippen molar-refractivity contribution in [2.75, 3.05) is 0 Å². The van der Waals surface area contributed by atoms with E-state index in [1.807, 2.05) is 6.92 Å². The van der Waals surface area contributed by atoms with E-state index in [2.05, 4.69) is 0 Å². The maximum absolute atomic E-state index is 13.4. The third kappa shape index (κ3) is 6.82. The van der Waals surface area contributed by atoms with E-state index in [0.717, 1.165) is 32.1 Å². The molecule has 0 aromatic heterocycles. The monoisotopic (exact) mass is 498 g/mol. The normalized spacial score (nSPS) is 14.9. The van der Waals surface area contributed by atoms with Crippen LogP contribution in [-0.2, 0) is 0 Å². The molecular weight excluding hydrogens is 478 g/mol. The summed E-state index contributed by atoms with van der Waals surface area (Å²) in [5.41, 5.74) is 0. The molecule has 0 aliphatic heterocycles. The summed E-state index contributed by atoms with van der Waals surface area (Å²) in [7, 11) is 0. The topological polar surface area (TPSA) is 0 Å². The number of hydrogen-bond acceptors (Lipinski definition) is 0. The first-order valence-electron chi connectivity index (χ1n) is 7.78. The summed E-state index contributed by atoms with van der Waals surface area (Å²) in [5.74, 6) is -19.0. The average Bonchev–Trinajstić information content (AvgIpc) is 2.44. The predicted molar refractivity (Wildman–Crippen MR) is 85.6 cm³/mol. The number of rotatable bonds is 11. The van der Waals surface area contributed by atoms with Crippen LogP contribution in [0.4, 0.5) is 39.5 Å². The summed E-state index contributed by atoms with van der Waals surface area (Å²) in [6.45, 7) is 2.03. The molecule has 0 radical (unpaired) electrons. The Morgan fingerprint density at radius 3 is 1.60 bits per heavy atom.